The summed E-state index contributed by atoms with van der Waals surface area (Å²) in [6.07, 6.45) is -12.8. The van der Waals surface area contributed by atoms with Gasteiger partial charge in [-0.2, -0.15) is 12.6 Å². The molecule has 2 rings (SSSR count). The molecule has 2 fully saturated rings. The standard InChI is InChI=1S/C14H25NO10S/c1-4(17)15-7-10(20)8(18)6(3-26)24-14(7)25-12-9(19)5(2-16)23-13(22)11(12)21/h5-14,16,18-22,26H,2-3H2,1H3,(H,15,17)/t5-,6-,7-,8+,9-,10+,11-,12-,13+,14-/m0/s1. The van der Waals surface area contributed by atoms with Crippen LogP contribution in [0.4, 0.5) is 0 Å². The van der Waals surface area contributed by atoms with Crippen molar-refractivity contribution in [3.05, 3.63) is 0 Å². The second-order valence-electron chi connectivity index (χ2n) is 6.26. The summed E-state index contributed by atoms with van der Waals surface area (Å²) in [5.74, 6) is -0.518. The number of aliphatic hydroxyl groups excluding tert-OH is 6. The Balaban J connectivity index is 2.22. The zero-order valence-corrected chi connectivity index (χ0v) is 14.8. The third-order valence-corrected chi connectivity index (χ3v) is 4.74. The van der Waals surface area contributed by atoms with E-state index >= 15 is 0 Å². The number of carbonyl (C=O) groups excluding carboxylic acids is 1. The number of nitrogens with one attached hydrogen (secondary N) is 1. The van der Waals surface area contributed by atoms with Gasteiger partial charge in [0, 0.05) is 12.7 Å². The van der Waals surface area contributed by atoms with Crippen molar-refractivity contribution in [3.63, 3.8) is 0 Å². The zero-order chi connectivity index (χ0) is 19.6. The number of rotatable bonds is 5. The summed E-state index contributed by atoms with van der Waals surface area (Å²) in [6, 6.07) is -1.22. The number of aliphatic hydroxyl groups is 6. The molecular weight excluding hydrogens is 374 g/mol. The predicted molar refractivity (Wildman–Crippen MR) is 87.0 cm³/mol. The number of ether oxygens (including phenoxy) is 3. The second-order valence-corrected chi connectivity index (χ2v) is 6.63. The van der Waals surface area contributed by atoms with Gasteiger partial charge in [0.1, 0.15) is 42.7 Å². The monoisotopic (exact) mass is 399 g/mol. The summed E-state index contributed by atoms with van der Waals surface area (Å²) >= 11 is 4.02. The van der Waals surface area contributed by atoms with E-state index in [-0.39, 0.29) is 5.75 Å². The highest BCUT2D eigenvalue weighted by atomic mass is 32.1. The molecule has 0 radical (unpaired) electrons. The van der Waals surface area contributed by atoms with Crippen LogP contribution in [-0.2, 0) is 19.0 Å². The molecule has 0 aromatic heterocycles. The van der Waals surface area contributed by atoms with E-state index in [4.69, 9.17) is 14.2 Å². The van der Waals surface area contributed by atoms with Gasteiger partial charge in [0.2, 0.25) is 5.91 Å². The average molecular weight is 399 g/mol. The molecule has 2 aliphatic rings. The van der Waals surface area contributed by atoms with Crippen molar-refractivity contribution in [3.8, 4) is 0 Å². The fourth-order valence-electron chi connectivity index (χ4n) is 2.97. The van der Waals surface area contributed by atoms with Gasteiger partial charge < -0.3 is 50.2 Å². The van der Waals surface area contributed by atoms with Crippen LogP contribution in [0.3, 0.4) is 0 Å². The normalized spacial score (nSPS) is 46.8. The van der Waals surface area contributed by atoms with Crippen LogP contribution < -0.4 is 5.32 Å². The molecule has 7 N–H and O–H groups in total. The first-order chi connectivity index (χ1) is 12.2. The Kier molecular flexibility index (Phi) is 7.62. The predicted octanol–water partition coefficient (Wildman–Crippen LogP) is -4.32. The fourth-order valence-corrected chi connectivity index (χ4v) is 3.27. The van der Waals surface area contributed by atoms with Crippen LogP contribution in [-0.4, -0.2) is 110 Å². The highest BCUT2D eigenvalue weighted by molar-refractivity contribution is 7.80. The minimum absolute atomic E-state index is 0.0195. The summed E-state index contributed by atoms with van der Waals surface area (Å²) in [5, 5.41) is 61.9. The number of hydrogen-bond donors (Lipinski definition) is 8. The van der Waals surface area contributed by atoms with Crippen molar-refractivity contribution in [1.29, 1.82) is 0 Å². The minimum atomic E-state index is -1.74. The van der Waals surface area contributed by atoms with Crippen molar-refractivity contribution >= 4 is 18.5 Å². The summed E-state index contributed by atoms with van der Waals surface area (Å²) in [5.41, 5.74) is 0. The van der Waals surface area contributed by atoms with Crippen LogP contribution in [0.5, 0.6) is 0 Å². The van der Waals surface area contributed by atoms with Crippen LogP contribution >= 0.6 is 12.6 Å². The van der Waals surface area contributed by atoms with Gasteiger partial charge in [-0.25, -0.2) is 0 Å². The molecule has 26 heavy (non-hydrogen) atoms. The Bertz CT molecular complexity index is 485. The van der Waals surface area contributed by atoms with Gasteiger partial charge in [-0.1, -0.05) is 0 Å². The Morgan fingerprint density at radius 1 is 1.04 bits per heavy atom. The van der Waals surface area contributed by atoms with Gasteiger partial charge in [0.15, 0.2) is 12.6 Å². The van der Waals surface area contributed by atoms with Crippen LogP contribution in [0.15, 0.2) is 0 Å². The first kappa shape index (κ1) is 21.8. The number of carbonyl (C=O) groups is 1. The maximum Gasteiger partial charge on any atom is 0.217 e. The lowest BCUT2D eigenvalue weighted by molar-refractivity contribution is -0.338. The quantitative estimate of drug-likeness (QED) is 0.211. The van der Waals surface area contributed by atoms with Crippen LogP contribution in [0.2, 0.25) is 0 Å². The van der Waals surface area contributed by atoms with Crippen LogP contribution in [0.1, 0.15) is 6.92 Å². The second kappa shape index (κ2) is 9.10. The molecule has 0 spiro atoms. The fraction of sp³-hybridized carbons (Fsp3) is 0.929. The highest BCUT2D eigenvalue weighted by Crippen LogP contribution is 2.28. The van der Waals surface area contributed by atoms with E-state index < -0.39 is 73.9 Å². The summed E-state index contributed by atoms with van der Waals surface area (Å²) in [4.78, 5) is 11.4. The number of hydrogen-bond acceptors (Lipinski definition) is 11. The van der Waals surface area contributed by atoms with E-state index in [1.54, 1.807) is 0 Å². The molecule has 0 aromatic carbocycles. The Morgan fingerprint density at radius 3 is 2.23 bits per heavy atom. The molecule has 2 heterocycles. The van der Waals surface area contributed by atoms with Gasteiger partial charge in [-0.05, 0) is 0 Å². The smallest absolute Gasteiger partial charge is 0.217 e. The SMILES string of the molecule is CC(=O)N[C@@H]1[C@H](O[C@H]2[C@@H](O)[C@H](CO)O[C@@H](O)[C@H]2O)O[C@@H](CS)[C@@H](O)[C@@H]1O. The van der Waals surface area contributed by atoms with E-state index in [2.05, 4.69) is 17.9 Å². The molecule has 0 unspecified atom stereocenters. The van der Waals surface area contributed by atoms with Gasteiger partial charge >= 0.3 is 0 Å². The lowest BCUT2D eigenvalue weighted by Gasteiger charge is -2.46. The van der Waals surface area contributed by atoms with Gasteiger partial charge in [-0.3, -0.25) is 4.79 Å². The van der Waals surface area contributed by atoms with E-state index in [0.717, 1.165) is 0 Å². The summed E-state index contributed by atoms with van der Waals surface area (Å²) < 4.78 is 15.9. The molecule has 0 bridgehead atoms. The third-order valence-electron chi connectivity index (χ3n) is 4.38. The van der Waals surface area contributed by atoms with E-state index in [1.165, 1.54) is 6.92 Å². The van der Waals surface area contributed by atoms with Crippen molar-refractivity contribution in [2.45, 2.75) is 68.3 Å². The van der Waals surface area contributed by atoms with Crippen molar-refractivity contribution in [2.24, 2.45) is 0 Å². The van der Waals surface area contributed by atoms with E-state index in [1.807, 2.05) is 0 Å². The Labute approximate surface area is 154 Å². The topological polar surface area (TPSA) is 178 Å². The van der Waals surface area contributed by atoms with Crippen molar-refractivity contribution < 1.29 is 49.6 Å². The molecule has 2 aliphatic heterocycles. The summed E-state index contributed by atoms with van der Waals surface area (Å²) in [6.45, 7) is 0.538. The number of thiol groups is 1. The molecule has 2 saturated heterocycles. The summed E-state index contributed by atoms with van der Waals surface area (Å²) in [7, 11) is 0. The molecule has 0 aliphatic carbocycles. The molecule has 12 heteroatoms. The lowest BCUT2D eigenvalue weighted by Crippen LogP contribution is -2.67. The molecule has 152 valence electrons. The Hall–Kier alpha value is -0.540. The molecule has 10 atom stereocenters. The molecular formula is C14H25NO10S. The minimum Gasteiger partial charge on any atom is -0.394 e. The van der Waals surface area contributed by atoms with Gasteiger partial charge in [0.05, 0.1) is 12.7 Å². The van der Waals surface area contributed by atoms with Gasteiger partial charge in [0.25, 0.3) is 0 Å². The molecule has 11 nitrogen and oxygen atoms in total. The van der Waals surface area contributed by atoms with Crippen LogP contribution in [0.25, 0.3) is 0 Å². The van der Waals surface area contributed by atoms with Crippen molar-refractivity contribution in [1.82, 2.24) is 5.32 Å². The first-order valence-electron chi connectivity index (χ1n) is 8.06. The molecule has 0 aromatic rings. The highest BCUT2D eigenvalue weighted by Gasteiger charge is 2.50. The average Bonchev–Trinajstić information content (AvgIpc) is 2.60. The molecule has 1 amide bonds. The first-order valence-corrected chi connectivity index (χ1v) is 8.70. The third kappa shape index (κ3) is 4.47. The lowest BCUT2D eigenvalue weighted by atomic mass is 9.96. The number of amides is 1. The van der Waals surface area contributed by atoms with Crippen molar-refractivity contribution in [2.75, 3.05) is 12.4 Å². The van der Waals surface area contributed by atoms with E-state index in [0.29, 0.717) is 0 Å². The van der Waals surface area contributed by atoms with E-state index in [9.17, 15) is 35.4 Å². The zero-order valence-electron chi connectivity index (χ0n) is 14.0. The largest absolute Gasteiger partial charge is 0.394 e. The Morgan fingerprint density at radius 2 is 1.69 bits per heavy atom. The molecule has 0 saturated carbocycles. The maximum atomic E-state index is 11.4. The van der Waals surface area contributed by atoms with Gasteiger partial charge in [-0.15, -0.1) is 0 Å². The maximum absolute atomic E-state index is 11.4. The van der Waals surface area contributed by atoms with Crippen LogP contribution in [0, 0.1) is 0 Å².